The molecule has 1 aliphatic rings. The van der Waals surface area contributed by atoms with Crippen molar-refractivity contribution >= 4 is 11.6 Å². The minimum atomic E-state index is -0.952. The van der Waals surface area contributed by atoms with E-state index in [2.05, 4.69) is 0 Å². The average molecular weight is 245 g/mol. The van der Waals surface area contributed by atoms with Crippen LogP contribution in [0, 0.1) is 5.82 Å². The lowest BCUT2D eigenvalue weighted by Crippen LogP contribution is -2.32. The molecule has 0 aromatic heterocycles. The molecular formula is C12H14ClFO2. The van der Waals surface area contributed by atoms with E-state index in [1.54, 1.807) is 13.0 Å². The molecule has 1 aromatic carbocycles. The Morgan fingerprint density at radius 1 is 1.56 bits per heavy atom. The first-order valence-corrected chi connectivity index (χ1v) is 5.68. The fourth-order valence-electron chi connectivity index (χ4n) is 2.07. The minimum Gasteiger partial charge on any atom is -0.385 e. The number of halogens is 2. The summed E-state index contributed by atoms with van der Waals surface area (Å²) in [5, 5.41) is 10.5. The van der Waals surface area contributed by atoms with E-state index < -0.39 is 17.5 Å². The molecule has 2 rings (SSSR count). The third-order valence-corrected chi connectivity index (χ3v) is 3.32. The second kappa shape index (κ2) is 4.32. The highest BCUT2D eigenvalue weighted by Gasteiger charge is 2.39. The summed E-state index contributed by atoms with van der Waals surface area (Å²) in [6, 6.07) is 4.29. The first-order valence-electron chi connectivity index (χ1n) is 5.30. The number of aliphatic hydroxyl groups excluding tert-OH is 1. The molecule has 1 N–H and O–H groups in total. The van der Waals surface area contributed by atoms with Gasteiger partial charge < -0.3 is 9.84 Å². The van der Waals surface area contributed by atoms with Crippen LogP contribution in [0.2, 0.25) is 5.02 Å². The van der Waals surface area contributed by atoms with Crippen LogP contribution in [0.4, 0.5) is 4.39 Å². The zero-order chi connectivity index (χ0) is 11.8. The van der Waals surface area contributed by atoms with Gasteiger partial charge in [0, 0.05) is 17.2 Å². The second-order valence-corrected chi connectivity index (χ2v) is 4.77. The van der Waals surface area contributed by atoms with Gasteiger partial charge in [-0.15, -0.1) is 0 Å². The zero-order valence-corrected chi connectivity index (χ0v) is 9.80. The molecular weight excluding hydrogens is 231 g/mol. The van der Waals surface area contributed by atoms with Crippen LogP contribution in [-0.2, 0) is 4.74 Å². The Kier molecular flexibility index (Phi) is 3.19. The first kappa shape index (κ1) is 11.8. The van der Waals surface area contributed by atoms with Gasteiger partial charge in [0.15, 0.2) is 0 Å². The Morgan fingerprint density at radius 3 is 2.88 bits per heavy atom. The Labute approximate surface area is 99.0 Å². The molecule has 1 aromatic rings. The molecule has 88 valence electrons. The molecule has 0 radical (unpaired) electrons. The topological polar surface area (TPSA) is 29.5 Å². The fourth-order valence-corrected chi connectivity index (χ4v) is 2.23. The molecule has 0 saturated carbocycles. The minimum absolute atomic E-state index is 0.244. The number of benzene rings is 1. The fraction of sp³-hybridized carbons (Fsp3) is 0.500. The Hall–Kier alpha value is -0.640. The van der Waals surface area contributed by atoms with Crippen molar-refractivity contribution in [3.8, 4) is 0 Å². The van der Waals surface area contributed by atoms with Crippen LogP contribution >= 0.6 is 11.6 Å². The van der Waals surface area contributed by atoms with Gasteiger partial charge in [-0.05, 0) is 31.9 Å². The summed E-state index contributed by atoms with van der Waals surface area (Å²) < 4.78 is 19.1. The van der Waals surface area contributed by atoms with Gasteiger partial charge >= 0.3 is 0 Å². The maximum Gasteiger partial charge on any atom is 0.130 e. The van der Waals surface area contributed by atoms with E-state index in [9.17, 15) is 9.50 Å². The SMILES string of the molecule is CC1(C(O)c2ccc(Cl)cc2F)CCCO1. The third kappa shape index (κ3) is 2.08. The van der Waals surface area contributed by atoms with Crippen molar-refractivity contribution in [2.45, 2.75) is 31.5 Å². The predicted molar refractivity (Wildman–Crippen MR) is 60.0 cm³/mol. The monoisotopic (exact) mass is 244 g/mol. The summed E-state index contributed by atoms with van der Waals surface area (Å²) in [6.07, 6.45) is 0.672. The van der Waals surface area contributed by atoms with Crippen molar-refractivity contribution in [3.05, 3.63) is 34.6 Å². The summed E-state index contributed by atoms with van der Waals surface area (Å²) in [7, 11) is 0. The van der Waals surface area contributed by atoms with Gasteiger partial charge in [0.2, 0.25) is 0 Å². The molecule has 1 heterocycles. The van der Waals surface area contributed by atoms with Crippen molar-refractivity contribution in [3.63, 3.8) is 0 Å². The van der Waals surface area contributed by atoms with Gasteiger partial charge in [-0.2, -0.15) is 0 Å². The molecule has 0 amide bonds. The van der Waals surface area contributed by atoms with E-state index in [0.29, 0.717) is 11.6 Å². The van der Waals surface area contributed by atoms with Crippen LogP contribution < -0.4 is 0 Å². The van der Waals surface area contributed by atoms with Gasteiger partial charge in [0.25, 0.3) is 0 Å². The number of aliphatic hydroxyl groups is 1. The molecule has 1 fully saturated rings. The van der Waals surface area contributed by atoms with Crippen molar-refractivity contribution in [2.75, 3.05) is 6.61 Å². The molecule has 16 heavy (non-hydrogen) atoms. The summed E-state index contributed by atoms with van der Waals surface area (Å²) >= 11 is 5.66. The van der Waals surface area contributed by atoms with E-state index in [-0.39, 0.29) is 5.56 Å². The molecule has 1 aliphatic heterocycles. The van der Waals surface area contributed by atoms with Crippen LogP contribution in [-0.4, -0.2) is 17.3 Å². The molecule has 2 nitrogen and oxygen atoms in total. The first-order chi connectivity index (χ1) is 7.53. The highest BCUT2D eigenvalue weighted by Crippen LogP contribution is 2.38. The molecule has 0 bridgehead atoms. The van der Waals surface area contributed by atoms with Crippen LogP contribution in [0.5, 0.6) is 0 Å². The van der Waals surface area contributed by atoms with E-state index in [0.717, 1.165) is 12.8 Å². The maximum absolute atomic E-state index is 13.6. The van der Waals surface area contributed by atoms with Crippen LogP contribution in [0.15, 0.2) is 18.2 Å². The number of ether oxygens (including phenoxy) is 1. The lowest BCUT2D eigenvalue weighted by atomic mass is 9.90. The largest absolute Gasteiger partial charge is 0.385 e. The van der Waals surface area contributed by atoms with Gasteiger partial charge in [-0.25, -0.2) is 4.39 Å². The Balaban J connectivity index is 2.29. The molecule has 2 unspecified atom stereocenters. The summed E-state index contributed by atoms with van der Waals surface area (Å²) in [4.78, 5) is 0. The zero-order valence-electron chi connectivity index (χ0n) is 9.04. The Morgan fingerprint density at radius 2 is 2.31 bits per heavy atom. The standard InChI is InChI=1S/C12H14ClFO2/c1-12(5-2-6-16-12)11(15)9-4-3-8(13)7-10(9)14/h3-4,7,11,15H,2,5-6H2,1H3. The van der Waals surface area contributed by atoms with Gasteiger partial charge in [0.05, 0.1) is 5.60 Å². The highest BCUT2D eigenvalue weighted by molar-refractivity contribution is 6.30. The number of hydrogen-bond acceptors (Lipinski definition) is 2. The third-order valence-electron chi connectivity index (χ3n) is 3.08. The quantitative estimate of drug-likeness (QED) is 0.866. The molecule has 4 heteroatoms. The number of hydrogen-bond donors (Lipinski definition) is 1. The maximum atomic E-state index is 13.6. The van der Waals surface area contributed by atoms with Gasteiger partial charge in [-0.3, -0.25) is 0 Å². The molecule has 1 saturated heterocycles. The van der Waals surface area contributed by atoms with Crippen molar-refractivity contribution < 1.29 is 14.2 Å². The van der Waals surface area contributed by atoms with Crippen molar-refractivity contribution in [1.29, 1.82) is 0 Å². The summed E-state index contributed by atoms with van der Waals surface area (Å²) in [6.45, 7) is 2.42. The van der Waals surface area contributed by atoms with Crippen molar-refractivity contribution in [1.82, 2.24) is 0 Å². The van der Waals surface area contributed by atoms with Gasteiger partial charge in [0.1, 0.15) is 11.9 Å². The smallest absolute Gasteiger partial charge is 0.130 e. The van der Waals surface area contributed by atoms with Crippen LogP contribution in [0.1, 0.15) is 31.4 Å². The number of rotatable bonds is 2. The van der Waals surface area contributed by atoms with E-state index >= 15 is 0 Å². The van der Waals surface area contributed by atoms with Crippen LogP contribution in [0.25, 0.3) is 0 Å². The summed E-state index contributed by atoms with van der Waals surface area (Å²) in [5.41, 5.74) is -0.442. The molecule has 0 spiro atoms. The van der Waals surface area contributed by atoms with Gasteiger partial charge in [-0.1, -0.05) is 17.7 Å². The molecule has 2 atom stereocenters. The van der Waals surface area contributed by atoms with Crippen LogP contribution in [0.3, 0.4) is 0 Å². The van der Waals surface area contributed by atoms with E-state index in [1.165, 1.54) is 12.1 Å². The molecule has 0 aliphatic carbocycles. The lowest BCUT2D eigenvalue weighted by Gasteiger charge is -2.29. The average Bonchev–Trinajstić information content (AvgIpc) is 2.66. The van der Waals surface area contributed by atoms with Crippen molar-refractivity contribution in [2.24, 2.45) is 0 Å². The summed E-state index contributed by atoms with van der Waals surface area (Å²) in [5.74, 6) is -0.489. The normalized spacial score (nSPS) is 27.0. The lowest BCUT2D eigenvalue weighted by molar-refractivity contribution is -0.0808. The predicted octanol–water partition coefficient (Wildman–Crippen LogP) is 3.08. The second-order valence-electron chi connectivity index (χ2n) is 4.33. The van der Waals surface area contributed by atoms with E-state index in [1.807, 2.05) is 0 Å². The highest BCUT2D eigenvalue weighted by atomic mass is 35.5. The Bertz CT molecular complexity index is 389. The van der Waals surface area contributed by atoms with E-state index in [4.69, 9.17) is 16.3 Å².